The molecule has 0 fully saturated rings. The van der Waals surface area contributed by atoms with Crippen molar-refractivity contribution in [3.05, 3.63) is 57.9 Å². The number of nitrogen functional groups attached to an aromatic ring is 1. The van der Waals surface area contributed by atoms with Crippen molar-refractivity contribution in [2.75, 3.05) is 12.8 Å². The van der Waals surface area contributed by atoms with Crippen LogP contribution >= 0.6 is 15.9 Å². The topological polar surface area (TPSA) is 59.2 Å². The van der Waals surface area contributed by atoms with E-state index in [4.69, 9.17) is 5.73 Å². The number of nitrogens with zero attached hydrogens (tertiary/aromatic N) is 2. The third-order valence-electron chi connectivity index (χ3n) is 2.86. The van der Waals surface area contributed by atoms with E-state index >= 15 is 0 Å². The smallest absolute Gasteiger partial charge is 0.257 e. The molecule has 0 saturated carbocycles. The second kappa shape index (κ2) is 6.00. The van der Waals surface area contributed by atoms with E-state index in [1.807, 2.05) is 24.3 Å². The van der Waals surface area contributed by atoms with Crippen LogP contribution < -0.4 is 5.73 Å². The Balaban J connectivity index is 2.21. The van der Waals surface area contributed by atoms with Crippen molar-refractivity contribution in [1.82, 2.24) is 9.88 Å². The highest BCUT2D eigenvalue weighted by molar-refractivity contribution is 9.10. The summed E-state index contributed by atoms with van der Waals surface area (Å²) in [6, 6.07) is 8.87. The maximum atomic E-state index is 13.8. The van der Waals surface area contributed by atoms with Crippen molar-refractivity contribution >= 4 is 27.7 Å². The molecule has 0 unspecified atom stereocenters. The summed E-state index contributed by atoms with van der Waals surface area (Å²) >= 11 is 3.41. The van der Waals surface area contributed by atoms with E-state index < -0.39 is 11.7 Å². The van der Waals surface area contributed by atoms with Gasteiger partial charge in [0.15, 0.2) is 11.6 Å². The lowest BCUT2D eigenvalue weighted by molar-refractivity contribution is 0.0780. The van der Waals surface area contributed by atoms with Gasteiger partial charge in [-0.05, 0) is 17.7 Å². The molecule has 2 rings (SSSR count). The molecule has 0 saturated heterocycles. The van der Waals surface area contributed by atoms with E-state index in [-0.39, 0.29) is 11.4 Å². The first-order valence-corrected chi connectivity index (χ1v) is 6.69. The molecule has 2 N–H and O–H groups in total. The van der Waals surface area contributed by atoms with E-state index in [9.17, 15) is 9.18 Å². The van der Waals surface area contributed by atoms with E-state index in [1.54, 1.807) is 7.05 Å². The molecular formula is C14H13BrFN3O. The standard InChI is InChI=1S/C14H13BrFN3O/c1-19(8-9-4-2-3-5-11(9)15)14(20)10-6-7-18-13(17)12(10)16/h2-7H,8H2,1H3,(H2,17,18). The number of anilines is 1. The van der Waals surface area contributed by atoms with Crippen molar-refractivity contribution < 1.29 is 9.18 Å². The number of carbonyl (C=O) groups is 1. The van der Waals surface area contributed by atoms with Crippen LogP contribution in [0.25, 0.3) is 0 Å². The lowest BCUT2D eigenvalue weighted by Crippen LogP contribution is -2.27. The molecular weight excluding hydrogens is 325 g/mol. The Morgan fingerprint density at radius 3 is 2.80 bits per heavy atom. The molecule has 0 radical (unpaired) electrons. The van der Waals surface area contributed by atoms with Gasteiger partial charge in [0.1, 0.15) is 0 Å². The molecule has 1 amide bonds. The van der Waals surface area contributed by atoms with Crippen LogP contribution in [0.5, 0.6) is 0 Å². The molecule has 20 heavy (non-hydrogen) atoms. The number of nitrogens with two attached hydrogens (primary N) is 1. The Hall–Kier alpha value is -1.95. The van der Waals surface area contributed by atoms with E-state index in [1.165, 1.54) is 17.2 Å². The molecule has 0 aliphatic heterocycles. The van der Waals surface area contributed by atoms with Crippen LogP contribution in [0.4, 0.5) is 10.2 Å². The van der Waals surface area contributed by atoms with Gasteiger partial charge < -0.3 is 10.6 Å². The highest BCUT2D eigenvalue weighted by Crippen LogP contribution is 2.19. The third kappa shape index (κ3) is 2.96. The van der Waals surface area contributed by atoms with Gasteiger partial charge in [-0.15, -0.1) is 0 Å². The molecule has 1 aromatic heterocycles. The Kier molecular flexibility index (Phi) is 4.34. The first kappa shape index (κ1) is 14.5. The average Bonchev–Trinajstić information content (AvgIpc) is 2.43. The summed E-state index contributed by atoms with van der Waals surface area (Å²) in [5, 5.41) is 0. The van der Waals surface area contributed by atoms with Gasteiger partial charge in [-0.2, -0.15) is 0 Å². The molecule has 0 aliphatic carbocycles. The first-order chi connectivity index (χ1) is 9.50. The summed E-state index contributed by atoms with van der Waals surface area (Å²) in [7, 11) is 1.61. The zero-order valence-electron chi connectivity index (χ0n) is 10.8. The minimum absolute atomic E-state index is 0.0768. The van der Waals surface area contributed by atoms with Gasteiger partial charge in [0.2, 0.25) is 0 Å². The molecule has 104 valence electrons. The number of hydrogen-bond donors (Lipinski definition) is 1. The number of pyridine rings is 1. The van der Waals surface area contributed by atoms with Gasteiger partial charge in [-0.25, -0.2) is 9.37 Å². The number of carbonyl (C=O) groups excluding carboxylic acids is 1. The van der Waals surface area contributed by atoms with Crippen molar-refractivity contribution in [1.29, 1.82) is 0 Å². The molecule has 6 heteroatoms. The quantitative estimate of drug-likeness (QED) is 0.936. The summed E-state index contributed by atoms with van der Waals surface area (Å²) in [5.74, 6) is -1.49. The molecule has 1 aromatic carbocycles. The summed E-state index contributed by atoms with van der Waals surface area (Å²) in [5.41, 5.74) is 6.23. The average molecular weight is 338 g/mol. The van der Waals surface area contributed by atoms with E-state index in [0.29, 0.717) is 6.54 Å². The highest BCUT2D eigenvalue weighted by atomic mass is 79.9. The van der Waals surface area contributed by atoms with Crippen LogP contribution in [0.1, 0.15) is 15.9 Å². The number of hydrogen-bond acceptors (Lipinski definition) is 3. The fourth-order valence-electron chi connectivity index (χ4n) is 1.78. The Bertz CT molecular complexity index is 648. The molecule has 0 bridgehead atoms. The van der Waals surface area contributed by atoms with Crippen molar-refractivity contribution in [3.8, 4) is 0 Å². The maximum Gasteiger partial charge on any atom is 0.257 e. The van der Waals surface area contributed by atoms with Gasteiger partial charge in [-0.3, -0.25) is 4.79 Å². The third-order valence-corrected chi connectivity index (χ3v) is 3.63. The number of amides is 1. The van der Waals surface area contributed by atoms with Crippen LogP contribution in [0.3, 0.4) is 0 Å². The van der Waals surface area contributed by atoms with E-state index in [2.05, 4.69) is 20.9 Å². The lowest BCUT2D eigenvalue weighted by Gasteiger charge is -2.18. The molecule has 2 aromatic rings. The fraction of sp³-hybridized carbons (Fsp3) is 0.143. The minimum atomic E-state index is -0.781. The van der Waals surface area contributed by atoms with Crippen LogP contribution in [0.15, 0.2) is 41.0 Å². The number of benzene rings is 1. The Morgan fingerprint density at radius 1 is 1.40 bits per heavy atom. The van der Waals surface area contributed by atoms with Gasteiger partial charge in [0.25, 0.3) is 5.91 Å². The minimum Gasteiger partial charge on any atom is -0.381 e. The van der Waals surface area contributed by atoms with Crippen molar-refractivity contribution in [2.24, 2.45) is 0 Å². The molecule has 4 nitrogen and oxygen atoms in total. The summed E-state index contributed by atoms with van der Waals surface area (Å²) in [4.78, 5) is 17.3. The van der Waals surface area contributed by atoms with Crippen LogP contribution in [0.2, 0.25) is 0 Å². The summed E-state index contributed by atoms with van der Waals surface area (Å²) < 4.78 is 14.7. The zero-order valence-corrected chi connectivity index (χ0v) is 12.4. The number of halogens is 2. The Labute approximate surface area is 124 Å². The first-order valence-electron chi connectivity index (χ1n) is 5.89. The summed E-state index contributed by atoms with van der Waals surface area (Å²) in [6.45, 7) is 0.363. The van der Waals surface area contributed by atoms with Gasteiger partial charge in [0.05, 0.1) is 5.56 Å². The molecule has 0 spiro atoms. The largest absolute Gasteiger partial charge is 0.381 e. The van der Waals surface area contributed by atoms with Gasteiger partial charge >= 0.3 is 0 Å². The maximum absolute atomic E-state index is 13.8. The van der Waals surface area contributed by atoms with Crippen molar-refractivity contribution in [3.63, 3.8) is 0 Å². The molecule has 0 atom stereocenters. The SMILES string of the molecule is CN(Cc1ccccc1Br)C(=O)c1ccnc(N)c1F. The van der Waals surface area contributed by atoms with Crippen LogP contribution in [0, 0.1) is 5.82 Å². The lowest BCUT2D eigenvalue weighted by atomic mass is 10.2. The predicted molar refractivity (Wildman–Crippen MR) is 78.5 cm³/mol. The van der Waals surface area contributed by atoms with Gasteiger partial charge in [0, 0.05) is 24.3 Å². The van der Waals surface area contributed by atoms with E-state index in [0.717, 1.165) is 10.0 Å². The van der Waals surface area contributed by atoms with Crippen LogP contribution in [-0.2, 0) is 6.54 Å². The monoisotopic (exact) mass is 337 g/mol. The predicted octanol–water partition coefficient (Wildman–Crippen LogP) is 2.84. The van der Waals surface area contributed by atoms with Gasteiger partial charge in [-0.1, -0.05) is 34.1 Å². The van der Waals surface area contributed by atoms with Crippen molar-refractivity contribution in [2.45, 2.75) is 6.54 Å². The second-order valence-corrected chi connectivity index (χ2v) is 5.16. The summed E-state index contributed by atoms with van der Waals surface area (Å²) in [6.07, 6.45) is 1.32. The zero-order chi connectivity index (χ0) is 14.7. The Morgan fingerprint density at radius 2 is 2.10 bits per heavy atom. The number of rotatable bonds is 3. The normalized spacial score (nSPS) is 10.3. The molecule has 0 aliphatic rings. The number of aromatic nitrogens is 1. The second-order valence-electron chi connectivity index (χ2n) is 4.31. The molecule has 1 heterocycles. The fourth-order valence-corrected chi connectivity index (χ4v) is 2.19. The van der Waals surface area contributed by atoms with Crippen LogP contribution in [-0.4, -0.2) is 22.8 Å². The highest BCUT2D eigenvalue weighted by Gasteiger charge is 2.18.